The standard InChI is InChI=1S/C12H16N4O3/c1-13-9-5-10(7-11(6-9)16(18)19)15-4-3-14(2)12(17)8-15/h5-7,13H,3-4,8H2,1-2H3. The van der Waals surface area contributed by atoms with Crippen molar-refractivity contribution in [3.63, 3.8) is 0 Å². The molecule has 0 aromatic heterocycles. The molecule has 0 unspecified atom stereocenters. The van der Waals surface area contributed by atoms with Crippen molar-refractivity contribution in [2.45, 2.75) is 0 Å². The lowest BCUT2D eigenvalue weighted by molar-refractivity contribution is -0.384. The Morgan fingerprint density at radius 1 is 1.32 bits per heavy atom. The molecule has 7 nitrogen and oxygen atoms in total. The van der Waals surface area contributed by atoms with Crippen LogP contribution in [-0.2, 0) is 4.79 Å². The van der Waals surface area contributed by atoms with Crippen LogP contribution in [0.5, 0.6) is 0 Å². The molecule has 2 rings (SSSR count). The molecule has 1 aliphatic rings. The lowest BCUT2D eigenvalue weighted by Gasteiger charge is -2.33. The Labute approximate surface area is 110 Å². The Morgan fingerprint density at radius 3 is 2.63 bits per heavy atom. The Balaban J connectivity index is 2.31. The molecule has 0 spiro atoms. The average molecular weight is 264 g/mol. The number of hydrogen-bond donors (Lipinski definition) is 1. The number of rotatable bonds is 3. The second-order valence-corrected chi connectivity index (χ2v) is 4.48. The summed E-state index contributed by atoms with van der Waals surface area (Å²) in [5, 5.41) is 13.8. The van der Waals surface area contributed by atoms with Gasteiger partial charge in [0.2, 0.25) is 5.91 Å². The van der Waals surface area contributed by atoms with Crippen LogP contribution < -0.4 is 10.2 Å². The molecule has 1 N–H and O–H groups in total. The van der Waals surface area contributed by atoms with E-state index in [2.05, 4.69) is 5.32 Å². The van der Waals surface area contributed by atoms with Gasteiger partial charge in [-0.3, -0.25) is 14.9 Å². The fraction of sp³-hybridized carbons (Fsp3) is 0.417. The number of nitro groups is 1. The van der Waals surface area contributed by atoms with Gasteiger partial charge in [0.15, 0.2) is 0 Å². The number of anilines is 2. The van der Waals surface area contributed by atoms with E-state index in [-0.39, 0.29) is 18.1 Å². The SMILES string of the molecule is CNc1cc(N2CCN(C)C(=O)C2)cc([N+](=O)[O-])c1. The van der Waals surface area contributed by atoms with Crippen molar-refractivity contribution in [1.29, 1.82) is 0 Å². The third-order valence-corrected chi connectivity index (χ3v) is 3.22. The van der Waals surface area contributed by atoms with E-state index in [1.807, 2.05) is 11.0 Å². The minimum absolute atomic E-state index is 0.0174. The predicted molar refractivity (Wildman–Crippen MR) is 72.5 cm³/mol. The van der Waals surface area contributed by atoms with Crippen molar-refractivity contribution in [3.8, 4) is 0 Å². The van der Waals surface area contributed by atoms with Gasteiger partial charge in [0, 0.05) is 50.7 Å². The van der Waals surface area contributed by atoms with Crippen LogP contribution >= 0.6 is 0 Å². The summed E-state index contributed by atoms with van der Waals surface area (Å²) < 4.78 is 0. The number of benzene rings is 1. The number of non-ortho nitro benzene ring substituents is 1. The van der Waals surface area contributed by atoms with Gasteiger partial charge in [-0.1, -0.05) is 0 Å². The van der Waals surface area contributed by atoms with Gasteiger partial charge in [0.25, 0.3) is 5.69 Å². The van der Waals surface area contributed by atoms with E-state index in [4.69, 9.17) is 0 Å². The molecular formula is C12H16N4O3. The number of carbonyl (C=O) groups is 1. The van der Waals surface area contributed by atoms with Gasteiger partial charge >= 0.3 is 0 Å². The summed E-state index contributed by atoms with van der Waals surface area (Å²) in [6, 6.07) is 4.78. The molecule has 0 atom stereocenters. The number of likely N-dealkylation sites (N-methyl/N-ethyl adjacent to an activating group) is 1. The summed E-state index contributed by atoms with van der Waals surface area (Å²) in [6.07, 6.45) is 0. The number of carbonyl (C=O) groups excluding carboxylic acids is 1. The van der Waals surface area contributed by atoms with Crippen molar-refractivity contribution in [1.82, 2.24) is 4.90 Å². The number of amides is 1. The normalized spacial score (nSPS) is 15.6. The monoisotopic (exact) mass is 264 g/mol. The van der Waals surface area contributed by atoms with E-state index >= 15 is 0 Å². The van der Waals surface area contributed by atoms with E-state index in [1.165, 1.54) is 12.1 Å². The summed E-state index contributed by atoms with van der Waals surface area (Å²) in [6.45, 7) is 1.55. The highest BCUT2D eigenvalue weighted by molar-refractivity contribution is 5.83. The van der Waals surface area contributed by atoms with Crippen LogP contribution in [-0.4, -0.2) is 49.5 Å². The van der Waals surface area contributed by atoms with Crippen LogP contribution in [0, 0.1) is 10.1 Å². The molecule has 0 bridgehead atoms. The first-order valence-electron chi connectivity index (χ1n) is 5.97. The van der Waals surface area contributed by atoms with Crippen LogP contribution in [0.4, 0.5) is 17.1 Å². The minimum Gasteiger partial charge on any atom is -0.388 e. The van der Waals surface area contributed by atoms with Crippen molar-refractivity contribution < 1.29 is 9.72 Å². The average Bonchev–Trinajstić information content (AvgIpc) is 2.41. The van der Waals surface area contributed by atoms with Crippen LogP contribution in [0.2, 0.25) is 0 Å². The molecule has 1 aromatic carbocycles. The van der Waals surface area contributed by atoms with Gasteiger partial charge in [-0.15, -0.1) is 0 Å². The zero-order valence-corrected chi connectivity index (χ0v) is 10.9. The summed E-state index contributed by atoms with van der Waals surface area (Å²) >= 11 is 0. The first-order valence-corrected chi connectivity index (χ1v) is 5.97. The third-order valence-electron chi connectivity index (χ3n) is 3.22. The Hall–Kier alpha value is -2.31. The molecule has 102 valence electrons. The highest BCUT2D eigenvalue weighted by Crippen LogP contribution is 2.27. The lowest BCUT2D eigenvalue weighted by Crippen LogP contribution is -2.48. The molecule has 1 saturated heterocycles. The van der Waals surface area contributed by atoms with Crippen LogP contribution in [0.3, 0.4) is 0 Å². The first kappa shape index (κ1) is 13.1. The van der Waals surface area contributed by atoms with Crippen molar-refractivity contribution >= 4 is 23.0 Å². The molecule has 0 saturated carbocycles. The number of nitro benzene ring substituents is 1. The lowest BCUT2D eigenvalue weighted by atomic mass is 10.2. The molecule has 1 fully saturated rings. The molecule has 1 aliphatic heterocycles. The van der Waals surface area contributed by atoms with E-state index in [1.54, 1.807) is 19.0 Å². The highest BCUT2D eigenvalue weighted by atomic mass is 16.6. The molecule has 0 aliphatic carbocycles. The zero-order chi connectivity index (χ0) is 14.0. The molecule has 1 aromatic rings. The fourth-order valence-electron chi connectivity index (χ4n) is 2.01. The minimum atomic E-state index is -0.428. The Morgan fingerprint density at radius 2 is 2.05 bits per heavy atom. The van der Waals surface area contributed by atoms with E-state index in [9.17, 15) is 14.9 Å². The number of hydrogen-bond acceptors (Lipinski definition) is 5. The molecular weight excluding hydrogens is 248 g/mol. The predicted octanol–water partition coefficient (Wildman–Crippen LogP) is 0.915. The molecule has 1 amide bonds. The van der Waals surface area contributed by atoms with Crippen LogP contribution in [0.15, 0.2) is 18.2 Å². The fourth-order valence-corrected chi connectivity index (χ4v) is 2.01. The maximum Gasteiger partial charge on any atom is 0.273 e. The van der Waals surface area contributed by atoms with E-state index < -0.39 is 4.92 Å². The smallest absolute Gasteiger partial charge is 0.273 e. The van der Waals surface area contributed by atoms with Gasteiger partial charge in [-0.25, -0.2) is 0 Å². The maximum absolute atomic E-state index is 11.7. The summed E-state index contributed by atoms with van der Waals surface area (Å²) in [7, 11) is 3.46. The first-order chi connectivity index (χ1) is 9.01. The highest BCUT2D eigenvalue weighted by Gasteiger charge is 2.22. The number of nitrogens with one attached hydrogen (secondary N) is 1. The van der Waals surface area contributed by atoms with Gasteiger partial charge < -0.3 is 15.1 Å². The van der Waals surface area contributed by atoms with Crippen molar-refractivity contribution in [2.75, 3.05) is 43.9 Å². The Bertz CT molecular complexity index is 518. The van der Waals surface area contributed by atoms with Crippen molar-refractivity contribution in [2.24, 2.45) is 0 Å². The van der Waals surface area contributed by atoms with Gasteiger partial charge in [0.1, 0.15) is 0 Å². The zero-order valence-electron chi connectivity index (χ0n) is 10.9. The molecule has 1 heterocycles. The second kappa shape index (κ2) is 5.13. The summed E-state index contributed by atoms with van der Waals surface area (Å²) in [5.41, 5.74) is 1.38. The molecule has 19 heavy (non-hydrogen) atoms. The van der Waals surface area contributed by atoms with Gasteiger partial charge in [0.05, 0.1) is 11.5 Å². The topological polar surface area (TPSA) is 78.7 Å². The van der Waals surface area contributed by atoms with Crippen LogP contribution in [0.25, 0.3) is 0 Å². The number of piperazine rings is 1. The van der Waals surface area contributed by atoms with Crippen LogP contribution in [0.1, 0.15) is 0 Å². The van der Waals surface area contributed by atoms with Crippen molar-refractivity contribution in [3.05, 3.63) is 28.3 Å². The summed E-state index contributed by atoms with van der Waals surface area (Å²) in [4.78, 5) is 25.7. The largest absolute Gasteiger partial charge is 0.388 e. The van der Waals surface area contributed by atoms with Gasteiger partial charge in [-0.2, -0.15) is 0 Å². The second-order valence-electron chi connectivity index (χ2n) is 4.48. The quantitative estimate of drug-likeness (QED) is 0.648. The summed E-state index contributed by atoms with van der Waals surface area (Å²) in [5.74, 6) is 0.0174. The van der Waals surface area contributed by atoms with E-state index in [0.717, 1.165) is 0 Å². The third kappa shape index (κ3) is 2.75. The maximum atomic E-state index is 11.7. The van der Waals surface area contributed by atoms with E-state index in [0.29, 0.717) is 24.5 Å². The molecule has 0 radical (unpaired) electrons. The van der Waals surface area contributed by atoms with Gasteiger partial charge in [-0.05, 0) is 6.07 Å². The molecule has 7 heteroatoms. The Kier molecular flexibility index (Phi) is 3.55. The number of nitrogens with zero attached hydrogens (tertiary/aromatic N) is 3.